The predicted octanol–water partition coefficient (Wildman–Crippen LogP) is 2.26. The summed E-state index contributed by atoms with van der Waals surface area (Å²) >= 11 is 0. The number of methoxy groups -OCH3 is 1. The molecule has 7 heteroatoms. The van der Waals surface area contributed by atoms with E-state index in [4.69, 9.17) is 9.47 Å². The average Bonchev–Trinajstić information content (AvgIpc) is 3.01. The molecule has 0 aliphatic heterocycles. The minimum Gasteiger partial charge on any atom is -0.494 e. The Hall–Kier alpha value is -2.96. The van der Waals surface area contributed by atoms with Gasteiger partial charge in [0, 0.05) is 0 Å². The number of aromatic nitrogens is 5. The minimum absolute atomic E-state index is 0.247. The smallest absolute Gasteiger partial charge is 0.316 e. The second kappa shape index (κ2) is 6.43. The van der Waals surface area contributed by atoms with Crippen molar-refractivity contribution in [3.05, 3.63) is 53.6 Å². The van der Waals surface area contributed by atoms with E-state index in [0.717, 1.165) is 5.69 Å². The number of rotatable bonds is 5. The quantitative estimate of drug-likeness (QED) is 0.719. The van der Waals surface area contributed by atoms with Gasteiger partial charge in [-0.2, -0.15) is 9.97 Å². The second-order valence-electron chi connectivity index (χ2n) is 5.19. The van der Waals surface area contributed by atoms with Crippen molar-refractivity contribution in [1.29, 1.82) is 0 Å². The molecule has 3 aromatic rings. The Morgan fingerprint density at radius 1 is 1.04 bits per heavy atom. The Labute approximate surface area is 133 Å². The highest BCUT2D eigenvalue weighted by Gasteiger charge is 2.06. The number of hydrogen-bond acceptors (Lipinski definition) is 6. The Bertz CT molecular complexity index is 778. The van der Waals surface area contributed by atoms with Crippen molar-refractivity contribution >= 4 is 0 Å². The normalized spacial score (nSPS) is 10.6. The first kappa shape index (κ1) is 15.0. The summed E-state index contributed by atoms with van der Waals surface area (Å²) < 4.78 is 12.2. The van der Waals surface area contributed by atoms with Crippen molar-refractivity contribution in [1.82, 2.24) is 25.0 Å². The highest BCUT2D eigenvalue weighted by atomic mass is 16.5. The van der Waals surface area contributed by atoms with Crippen molar-refractivity contribution in [3.8, 4) is 17.4 Å². The highest BCUT2D eigenvalue weighted by molar-refractivity contribution is 5.38. The monoisotopic (exact) mass is 311 g/mol. The van der Waals surface area contributed by atoms with Gasteiger partial charge < -0.3 is 9.47 Å². The summed E-state index contributed by atoms with van der Waals surface area (Å²) in [6.07, 6.45) is 4.93. The van der Waals surface area contributed by atoms with Crippen LogP contribution in [0.15, 0.2) is 36.8 Å². The maximum atomic E-state index is 5.49. The summed E-state index contributed by atoms with van der Waals surface area (Å²) in [5, 5.41) is 8.24. The molecule has 23 heavy (non-hydrogen) atoms. The molecule has 1 aromatic carbocycles. The number of aryl methyl sites for hydroxylation is 2. The van der Waals surface area contributed by atoms with Crippen LogP contribution in [0.3, 0.4) is 0 Å². The van der Waals surface area contributed by atoms with E-state index in [-0.39, 0.29) is 12.6 Å². The molecule has 0 unspecified atom stereocenters. The first-order chi connectivity index (χ1) is 11.1. The Morgan fingerprint density at radius 3 is 2.39 bits per heavy atom. The lowest BCUT2D eigenvalue weighted by Crippen LogP contribution is -2.00. The molecule has 2 aromatic heterocycles. The number of nitrogens with zero attached hydrogens (tertiary/aromatic N) is 5. The predicted molar refractivity (Wildman–Crippen MR) is 83.7 cm³/mol. The molecule has 0 aliphatic rings. The number of hydrogen-bond donors (Lipinski definition) is 0. The van der Waals surface area contributed by atoms with Crippen LogP contribution in [-0.2, 0) is 6.61 Å². The summed E-state index contributed by atoms with van der Waals surface area (Å²) in [5.74, 6) is 0.582. The molecular formula is C16H17N5O2. The number of benzene rings is 1. The van der Waals surface area contributed by atoms with Gasteiger partial charge in [-0.1, -0.05) is 11.3 Å². The molecule has 0 N–H and O–H groups in total. The van der Waals surface area contributed by atoms with Gasteiger partial charge in [0.05, 0.1) is 31.4 Å². The zero-order chi connectivity index (χ0) is 16.2. The molecule has 7 nitrogen and oxygen atoms in total. The summed E-state index contributed by atoms with van der Waals surface area (Å²) in [6, 6.07) is 6.50. The largest absolute Gasteiger partial charge is 0.494 e. The van der Waals surface area contributed by atoms with Gasteiger partial charge in [0.1, 0.15) is 12.3 Å². The highest BCUT2D eigenvalue weighted by Crippen LogP contribution is 2.14. The van der Waals surface area contributed by atoms with E-state index < -0.39 is 0 Å². The molecule has 0 saturated heterocycles. The summed E-state index contributed by atoms with van der Waals surface area (Å²) in [7, 11) is 1.56. The van der Waals surface area contributed by atoms with Crippen molar-refractivity contribution in [2.45, 2.75) is 20.5 Å². The van der Waals surface area contributed by atoms with Crippen molar-refractivity contribution in [2.24, 2.45) is 0 Å². The van der Waals surface area contributed by atoms with E-state index in [0.29, 0.717) is 11.4 Å². The van der Waals surface area contributed by atoms with E-state index >= 15 is 0 Å². The molecule has 0 amide bonds. The summed E-state index contributed by atoms with van der Waals surface area (Å²) in [4.78, 5) is 8.08. The fourth-order valence-electron chi connectivity index (χ4n) is 2.20. The molecule has 0 fully saturated rings. The summed E-state index contributed by atoms with van der Waals surface area (Å²) in [6.45, 7) is 4.36. The average molecular weight is 311 g/mol. The van der Waals surface area contributed by atoms with Crippen LogP contribution in [0.5, 0.6) is 11.8 Å². The Balaban J connectivity index is 1.69. The van der Waals surface area contributed by atoms with E-state index in [1.165, 1.54) is 11.1 Å². The lowest BCUT2D eigenvalue weighted by Gasteiger charge is -2.04. The van der Waals surface area contributed by atoms with E-state index in [1.807, 2.05) is 6.20 Å². The van der Waals surface area contributed by atoms with Gasteiger partial charge in [0.2, 0.25) is 0 Å². The van der Waals surface area contributed by atoms with Gasteiger partial charge in [-0.25, -0.2) is 4.68 Å². The Kier molecular flexibility index (Phi) is 4.18. The van der Waals surface area contributed by atoms with Crippen LogP contribution in [0, 0.1) is 13.8 Å². The molecule has 0 aliphatic carbocycles. The van der Waals surface area contributed by atoms with E-state index in [2.05, 4.69) is 52.3 Å². The molecule has 0 radical (unpaired) electrons. The SMILES string of the molecule is COc1cnc(OCc2cn(-c3cc(C)cc(C)c3)nn2)nc1. The first-order valence-electron chi connectivity index (χ1n) is 7.13. The number of ether oxygens (including phenoxy) is 2. The third-order valence-corrected chi connectivity index (χ3v) is 3.20. The van der Waals surface area contributed by atoms with Crippen LogP contribution < -0.4 is 9.47 Å². The van der Waals surface area contributed by atoms with Crippen LogP contribution >= 0.6 is 0 Å². The Morgan fingerprint density at radius 2 is 1.74 bits per heavy atom. The van der Waals surface area contributed by atoms with Gasteiger partial charge in [-0.15, -0.1) is 5.10 Å². The third-order valence-electron chi connectivity index (χ3n) is 3.20. The maximum Gasteiger partial charge on any atom is 0.316 e. The lowest BCUT2D eigenvalue weighted by atomic mass is 10.1. The van der Waals surface area contributed by atoms with Gasteiger partial charge in [-0.3, -0.25) is 0 Å². The van der Waals surface area contributed by atoms with Crippen LogP contribution in [0.1, 0.15) is 16.8 Å². The first-order valence-corrected chi connectivity index (χ1v) is 7.13. The van der Waals surface area contributed by atoms with E-state index in [9.17, 15) is 0 Å². The van der Waals surface area contributed by atoms with Gasteiger partial charge >= 0.3 is 6.01 Å². The van der Waals surface area contributed by atoms with Gasteiger partial charge in [0.25, 0.3) is 0 Å². The van der Waals surface area contributed by atoms with Crippen molar-refractivity contribution < 1.29 is 9.47 Å². The van der Waals surface area contributed by atoms with Crippen molar-refractivity contribution in [3.63, 3.8) is 0 Å². The molecule has 0 atom stereocenters. The van der Waals surface area contributed by atoms with Gasteiger partial charge in [0.15, 0.2) is 5.75 Å². The van der Waals surface area contributed by atoms with Crippen LogP contribution in [0.4, 0.5) is 0 Å². The molecule has 2 heterocycles. The molecule has 0 saturated carbocycles. The fraction of sp³-hybridized carbons (Fsp3) is 0.250. The standard InChI is InChI=1S/C16H17N5O2/c1-11-4-12(2)6-14(5-11)21-9-13(19-20-21)10-23-16-17-7-15(22-3)8-18-16/h4-9H,10H2,1-3H3. The third kappa shape index (κ3) is 3.63. The van der Waals surface area contributed by atoms with Crippen LogP contribution in [0.2, 0.25) is 0 Å². The van der Waals surface area contributed by atoms with Gasteiger partial charge in [-0.05, 0) is 37.1 Å². The molecule has 3 rings (SSSR count). The second-order valence-corrected chi connectivity index (χ2v) is 5.19. The molecular weight excluding hydrogens is 294 g/mol. The van der Waals surface area contributed by atoms with Crippen molar-refractivity contribution in [2.75, 3.05) is 7.11 Å². The zero-order valence-corrected chi connectivity index (χ0v) is 13.2. The molecule has 0 bridgehead atoms. The maximum absolute atomic E-state index is 5.49. The minimum atomic E-state index is 0.247. The summed E-state index contributed by atoms with van der Waals surface area (Å²) in [5.41, 5.74) is 4.03. The topological polar surface area (TPSA) is 75.0 Å². The molecule has 118 valence electrons. The lowest BCUT2D eigenvalue weighted by molar-refractivity contribution is 0.274. The van der Waals surface area contributed by atoms with Crippen LogP contribution in [0.25, 0.3) is 5.69 Å². The zero-order valence-electron chi connectivity index (χ0n) is 13.2. The molecule has 0 spiro atoms. The van der Waals surface area contributed by atoms with E-state index in [1.54, 1.807) is 24.2 Å². The van der Waals surface area contributed by atoms with Crippen LogP contribution in [-0.4, -0.2) is 32.1 Å². The fourth-order valence-corrected chi connectivity index (χ4v) is 2.20.